The average Bonchev–Trinajstić information content (AvgIpc) is 2.47. The minimum atomic E-state index is -0.440. The molecular formula is C17H15F2NO. The van der Waals surface area contributed by atoms with Gasteiger partial charge in [0.15, 0.2) is 0 Å². The minimum absolute atomic E-state index is 0.00118. The number of rotatable bonds is 1. The number of hydrogen-bond acceptors (Lipinski definition) is 1. The molecule has 0 fully saturated rings. The van der Waals surface area contributed by atoms with Crippen LogP contribution in [0.3, 0.4) is 0 Å². The molecule has 0 aromatic heterocycles. The molecule has 2 nitrogen and oxygen atoms in total. The van der Waals surface area contributed by atoms with Crippen LogP contribution in [0.15, 0.2) is 42.5 Å². The molecule has 0 saturated heterocycles. The quantitative estimate of drug-likeness (QED) is 0.777. The van der Waals surface area contributed by atoms with Crippen molar-refractivity contribution < 1.29 is 13.6 Å². The number of anilines is 1. The Hall–Kier alpha value is -2.23. The number of nitrogens with zero attached hydrogens (tertiary/aromatic N) is 1. The number of carbonyl (C=O) groups is 1. The summed E-state index contributed by atoms with van der Waals surface area (Å²) in [6.07, 6.45) is 1.50. The molecule has 0 spiro atoms. The van der Waals surface area contributed by atoms with Gasteiger partial charge in [-0.1, -0.05) is 6.07 Å². The lowest BCUT2D eigenvalue weighted by atomic mass is 9.95. The highest BCUT2D eigenvalue weighted by molar-refractivity contribution is 6.07. The Morgan fingerprint density at radius 1 is 1.14 bits per heavy atom. The van der Waals surface area contributed by atoms with Gasteiger partial charge in [0.2, 0.25) is 0 Å². The van der Waals surface area contributed by atoms with Crippen LogP contribution in [0.2, 0.25) is 0 Å². The molecule has 2 aromatic rings. The largest absolute Gasteiger partial charge is 0.305 e. The summed E-state index contributed by atoms with van der Waals surface area (Å²) in [4.78, 5) is 14.3. The molecule has 1 atom stereocenters. The number of aryl methyl sites for hydroxylation is 1. The summed E-state index contributed by atoms with van der Waals surface area (Å²) >= 11 is 0. The van der Waals surface area contributed by atoms with Crippen molar-refractivity contribution in [2.75, 3.05) is 4.90 Å². The fraction of sp³-hybridized carbons (Fsp3) is 0.235. The Labute approximate surface area is 122 Å². The number of amides is 1. The van der Waals surface area contributed by atoms with Crippen LogP contribution in [-0.4, -0.2) is 11.9 Å². The second-order valence-electron chi connectivity index (χ2n) is 5.35. The molecule has 1 heterocycles. The minimum Gasteiger partial charge on any atom is -0.305 e. The number of fused-ring (bicyclic) bond motifs is 1. The van der Waals surface area contributed by atoms with Gasteiger partial charge in [-0.15, -0.1) is 0 Å². The fourth-order valence-electron chi connectivity index (χ4n) is 2.79. The van der Waals surface area contributed by atoms with Crippen LogP contribution in [0.1, 0.15) is 29.3 Å². The lowest BCUT2D eigenvalue weighted by Crippen LogP contribution is -2.42. The third-order valence-electron chi connectivity index (χ3n) is 3.86. The molecule has 0 bridgehead atoms. The Morgan fingerprint density at radius 2 is 1.90 bits per heavy atom. The highest BCUT2D eigenvalue weighted by Gasteiger charge is 2.29. The van der Waals surface area contributed by atoms with Crippen LogP contribution >= 0.6 is 0 Å². The van der Waals surface area contributed by atoms with Crippen LogP contribution in [0, 0.1) is 11.6 Å². The van der Waals surface area contributed by atoms with E-state index in [1.54, 1.807) is 17.0 Å². The third kappa shape index (κ3) is 2.53. The second kappa shape index (κ2) is 5.28. The first-order chi connectivity index (χ1) is 10.1. The molecule has 4 heteroatoms. The lowest BCUT2D eigenvalue weighted by Gasteiger charge is -2.35. The average molecular weight is 287 g/mol. The van der Waals surface area contributed by atoms with Crippen LogP contribution in [-0.2, 0) is 6.42 Å². The summed E-state index contributed by atoms with van der Waals surface area (Å²) in [6, 6.07) is 10.1. The van der Waals surface area contributed by atoms with E-state index in [0.29, 0.717) is 11.3 Å². The fourth-order valence-corrected chi connectivity index (χ4v) is 2.79. The maximum atomic E-state index is 13.3. The number of halogens is 2. The predicted molar refractivity (Wildman–Crippen MR) is 77.4 cm³/mol. The van der Waals surface area contributed by atoms with E-state index in [4.69, 9.17) is 0 Å². The van der Waals surface area contributed by atoms with E-state index in [1.807, 2.05) is 6.92 Å². The molecule has 21 heavy (non-hydrogen) atoms. The molecule has 0 N–H and O–H groups in total. The van der Waals surface area contributed by atoms with Gasteiger partial charge < -0.3 is 4.90 Å². The molecular weight excluding hydrogens is 272 g/mol. The molecule has 0 aliphatic carbocycles. The van der Waals surface area contributed by atoms with Crippen LogP contribution < -0.4 is 4.90 Å². The van der Waals surface area contributed by atoms with E-state index >= 15 is 0 Å². The molecule has 1 aliphatic heterocycles. The van der Waals surface area contributed by atoms with Gasteiger partial charge in [-0.2, -0.15) is 0 Å². The number of hydrogen-bond donors (Lipinski definition) is 0. The zero-order valence-electron chi connectivity index (χ0n) is 11.6. The van der Waals surface area contributed by atoms with E-state index in [9.17, 15) is 13.6 Å². The van der Waals surface area contributed by atoms with Gasteiger partial charge in [-0.25, -0.2) is 8.78 Å². The molecule has 0 radical (unpaired) electrons. The zero-order chi connectivity index (χ0) is 15.0. The Bertz CT molecular complexity index is 699. The normalized spacial score (nSPS) is 17.5. The third-order valence-corrected chi connectivity index (χ3v) is 3.86. The maximum Gasteiger partial charge on any atom is 0.258 e. The highest BCUT2D eigenvalue weighted by atomic mass is 19.1. The van der Waals surface area contributed by atoms with Crippen molar-refractivity contribution in [2.45, 2.75) is 25.8 Å². The smallest absolute Gasteiger partial charge is 0.258 e. The van der Waals surface area contributed by atoms with Crippen molar-refractivity contribution in [1.82, 2.24) is 0 Å². The van der Waals surface area contributed by atoms with Crippen LogP contribution in [0.25, 0.3) is 0 Å². The van der Waals surface area contributed by atoms with E-state index in [-0.39, 0.29) is 17.8 Å². The molecule has 0 saturated carbocycles. The van der Waals surface area contributed by atoms with Crippen molar-refractivity contribution in [3.8, 4) is 0 Å². The zero-order valence-corrected chi connectivity index (χ0v) is 11.6. The summed E-state index contributed by atoms with van der Waals surface area (Å²) in [7, 11) is 0. The topological polar surface area (TPSA) is 20.3 Å². The summed E-state index contributed by atoms with van der Waals surface area (Å²) in [5.41, 5.74) is 1.83. The van der Waals surface area contributed by atoms with Crippen LogP contribution in [0.4, 0.5) is 14.5 Å². The Morgan fingerprint density at radius 3 is 2.67 bits per heavy atom. The molecule has 0 unspecified atom stereocenters. The lowest BCUT2D eigenvalue weighted by molar-refractivity contribution is 0.0974. The monoisotopic (exact) mass is 287 g/mol. The molecule has 108 valence electrons. The summed E-state index contributed by atoms with van der Waals surface area (Å²) in [5.74, 6) is -0.999. The highest BCUT2D eigenvalue weighted by Crippen LogP contribution is 2.32. The number of benzene rings is 2. The Kier molecular flexibility index (Phi) is 3.45. The van der Waals surface area contributed by atoms with Gasteiger partial charge in [-0.05, 0) is 61.7 Å². The Balaban J connectivity index is 2.03. The van der Waals surface area contributed by atoms with Gasteiger partial charge in [0.25, 0.3) is 5.91 Å². The van der Waals surface area contributed by atoms with Crippen molar-refractivity contribution in [2.24, 2.45) is 0 Å². The predicted octanol–water partition coefficient (Wildman–Crippen LogP) is 3.95. The SMILES string of the molecule is C[C@H]1CCc2cc(F)ccc2N1C(=O)c1cccc(F)c1. The second-order valence-corrected chi connectivity index (χ2v) is 5.35. The van der Waals surface area contributed by atoms with Crippen LogP contribution in [0.5, 0.6) is 0 Å². The van der Waals surface area contributed by atoms with E-state index in [2.05, 4.69) is 0 Å². The van der Waals surface area contributed by atoms with Gasteiger partial charge in [0, 0.05) is 17.3 Å². The molecule has 3 rings (SSSR count). The van der Waals surface area contributed by atoms with E-state index in [1.165, 1.54) is 30.3 Å². The molecule has 2 aromatic carbocycles. The summed E-state index contributed by atoms with van der Waals surface area (Å²) < 4.78 is 26.7. The van der Waals surface area contributed by atoms with Gasteiger partial charge in [0.1, 0.15) is 11.6 Å². The maximum absolute atomic E-state index is 13.3. The van der Waals surface area contributed by atoms with E-state index in [0.717, 1.165) is 18.4 Å². The summed E-state index contributed by atoms with van der Waals surface area (Å²) in [5, 5.41) is 0. The first-order valence-corrected chi connectivity index (χ1v) is 6.94. The summed E-state index contributed by atoms with van der Waals surface area (Å²) in [6.45, 7) is 1.95. The van der Waals surface area contributed by atoms with Gasteiger partial charge >= 0.3 is 0 Å². The van der Waals surface area contributed by atoms with Gasteiger partial charge in [0.05, 0.1) is 0 Å². The van der Waals surface area contributed by atoms with Crippen molar-refractivity contribution >= 4 is 11.6 Å². The van der Waals surface area contributed by atoms with Crippen molar-refractivity contribution in [3.63, 3.8) is 0 Å². The molecule has 1 aliphatic rings. The van der Waals surface area contributed by atoms with Crippen molar-refractivity contribution in [1.29, 1.82) is 0 Å². The standard InChI is InChI=1S/C17H15F2NO/c1-11-5-6-12-9-15(19)7-8-16(12)20(11)17(21)13-3-2-4-14(18)10-13/h2-4,7-11H,5-6H2,1H3/t11-/m0/s1. The van der Waals surface area contributed by atoms with E-state index < -0.39 is 5.82 Å². The number of carbonyl (C=O) groups excluding carboxylic acids is 1. The first-order valence-electron chi connectivity index (χ1n) is 6.94. The van der Waals surface area contributed by atoms with Gasteiger partial charge in [-0.3, -0.25) is 4.79 Å². The van der Waals surface area contributed by atoms with Crippen molar-refractivity contribution in [3.05, 3.63) is 65.2 Å². The molecule has 1 amide bonds. The first kappa shape index (κ1) is 13.7.